The number of carbonyl (C=O) groups excluding carboxylic acids is 2. The monoisotopic (exact) mass is 251 g/mol. The van der Waals surface area contributed by atoms with Gasteiger partial charge in [0.15, 0.2) is 0 Å². The molecule has 0 bridgehead atoms. The third-order valence-corrected chi connectivity index (χ3v) is 3.03. The summed E-state index contributed by atoms with van der Waals surface area (Å²) >= 11 is 0. The normalized spacial score (nSPS) is 16.8. The third-order valence-electron chi connectivity index (χ3n) is 3.03. The molecule has 100 valence electrons. The van der Waals surface area contributed by atoms with Crippen molar-refractivity contribution in [3.8, 4) is 12.3 Å². The molecular formula is C13H21N3O2. The summed E-state index contributed by atoms with van der Waals surface area (Å²) in [6, 6.07) is -0.410. The second-order valence-corrected chi connectivity index (χ2v) is 4.47. The van der Waals surface area contributed by atoms with Crippen molar-refractivity contribution in [2.24, 2.45) is 0 Å². The number of terminal acetylenes is 1. The van der Waals surface area contributed by atoms with Gasteiger partial charge in [0.2, 0.25) is 11.8 Å². The zero-order valence-corrected chi connectivity index (χ0v) is 10.9. The molecule has 1 aliphatic rings. The topological polar surface area (TPSA) is 61.4 Å². The van der Waals surface area contributed by atoms with E-state index in [1.807, 2.05) is 4.90 Å². The maximum atomic E-state index is 11.8. The van der Waals surface area contributed by atoms with Gasteiger partial charge in [-0.2, -0.15) is 0 Å². The van der Waals surface area contributed by atoms with Crippen molar-refractivity contribution in [1.82, 2.24) is 15.5 Å². The van der Waals surface area contributed by atoms with Crippen LogP contribution in [-0.4, -0.2) is 48.9 Å². The zero-order valence-electron chi connectivity index (χ0n) is 10.9. The second kappa shape index (κ2) is 7.72. The lowest BCUT2D eigenvalue weighted by Crippen LogP contribution is -2.47. The standard InChI is InChI=1S/C13H21N3O2/c1-3-7-14-13(18)11(2)15-10-12(17)16-8-5-4-6-9-16/h1,11,15H,4-10H2,2H3,(H,14,18). The van der Waals surface area contributed by atoms with Gasteiger partial charge in [0.1, 0.15) is 0 Å². The van der Waals surface area contributed by atoms with Crippen LogP contribution in [0.15, 0.2) is 0 Å². The fraction of sp³-hybridized carbons (Fsp3) is 0.692. The summed E-state index contributed by atoms with van der Waals surface area (Å²) in [7, 11) is 0. The molecule has 1 unspecified atom stereocenters. The van der Waals surface area contributed by atoms with Crippen molar-refractivity contribution in [2.45, 2.75) is 32.2 Å². The zero-order chi connectivity index (χ0) is 13.4. The number of nitrogens with zero attached hydrogens (tertiary/aromatic N) is 1. The van der Waals surface area contributed by atoms with E-state index in [0.717, 1.165) is 25.9 Å². The molecule has 1 heterocycles. The molecule has 0 spiro atoms. The maximum absolute atomic E-state index is 11.8. The first kappa shape index (κ1) is 14.5. The Balaban J connectivity index is 2.24. The first-order chi connectivity index (χ1) is 8.65. The van der Waals surface area contributed by atoms with E-state index < -0.39 is 6.04 Å². The Morgan fingerprint density at radius 1 is 1.33 bits per heavy atom. The Bertz CT molecular complexity index is 330. The van der Waals surface area contributed by atoms with Gasteiger partial charge >= 0.3 is 0 Å². The quantitative estimate of drug-likeness (QED) is 0.661. The molecule has 0 aromatic heterocycles. The van der Waals surface area contributed by atoms with Gasteiger partial charge in [-0.3, -0.25) is 14.9 Å². The molecule has 5 heteroatoms. The molecule has 0 radical (unpaired) electrons. The molecule has 1 rings (SSSR count). The van der Waals surface area contributed by atoms with Gasteiger partial charge in [0, 0.05) is 13.1 Å². The van der Waals surface area contributed by atoms with Crippen LogP contribution < -0.4 is 10.6 Å². The highest BCUT2D eigenvalue weighted by molar-refractivity contribution is 5.83. The molecule has 1 aliphatic heterocycles. The number of piperidine rings is 1. The summed E-state index contributed by atoms with van der Waals surface area (Å²) in [5.41, 5.74) is 0. The van der Waals surface area contributed by atoms with Crippen LogP contribution in [0.3, 0.4) is 0 Å². The van der Waals surface area contributed by atoms with Crippen molar-refractivity contribution in [1.29, 1.82) is 0 Å². The van der Waals surface area contributed by atoms with Gasteiger partial charge in [0.05, 0.1) is 19.1 Å². The molecule has 0 saturated carbocycles. The van der Waals surface area contributed by atoms with Crippen molar-refractivity contribution >= 4 is 11.8 Å². The third kappa shape index (κ3) is 4.76. The molecular weight excluding hydrogens is 230 g/mol. The van der Waals surface area contributed by atoms with Crippen LogP contribution in [0, 0.1) is 12.3 Å². The molecule has 1 atom stereocenters. The fourth-order valence-electron chi connectivity index (χ4n) is 1.88. The van der Waals surface area contributed by atoms with Gasteiger partial charge < -0.3 is 10.2 Å². The molecule has 0 aromatic carbocycles. The largest absolute Gasteiger partial charge is 0.344 e. The molecule has 2 N–H and O–H groups in total. The van der Waals surface area contributed by atoms with Crippen molar-refractivity contribution < 1.29 is 9.59 Å². The maximum Gasteiger partial charge on any atom is 0.237 e. The average Bonchev–Trinajstić information content (AvgIpc) is 2.42. The minimum Gasteiger partial charge on any atom is -0.344 e. The van der Waals surface area contributed by atoms with Crippen LogP contribution >= 0.6 is 0 Å². The van der Waals surface area contributed by atoms with Crippen LogP contribution in [0.25, 0.3) is 0 Å². The summed E-state index contributed by atoms with van der Waals surface area (Å²) in [5.74, 6) is 2.22. The van der Waals surface area contributed by atoms with Crippen LogP contribution in [0.1, 0.15) is 26.2 Å². The average molecular weight is 251 g/mol. The van der Waals surface area contributed by atoms with E-state index in [-0.39, 0.29) is 24.9 Å². The highest BCUT2D eigenvalue weighted by Gasteiger charge is 2.18. The molecule has 18 heavy (non-hydrogen) atoms. The number of hydrogen-bond donors (Lipinski definition) is 2. The molecule has 2 amide bonds. The SMILES string of the molecule is C#CCNC(=O)C(C)NCC(=O)N1CCCCC1. The minimum absolute atomic E-state index is 0.0614. The molecule has 0 aromatic rings. The minimum atomic E-state index is -0.410. The van der Waals surface area contributed by atoms with E-state index in [2.05, 4.69) is 16.6 Å². The van der Waals surface area contributed by atoms with E-state index in [1.54, 1.807) is 6.92 Å². The summed E-state index contributed by atoms with van der Waals surface area (Å²) in [4.78, 5) is 25.2. The first-order valence-corrected chi connectivity index (χ1v) is 6.37. The smallest absolute Gasteiger partial charge is 0.237 e. The second-order valence-electron chi connectivity index (χ2n) is 4.47. The van der Waals surface area contributed by atoms with E-state index in [1.165, 1.54) is 6.42 Å². The van der Waals surface area contributed by atoms with E-state index in [4.69, 9.17) is 6.42 Å². The van der Waals surface area contributed by atoms with Crippen molar-refractivity contribution in [3.05, 3.63) is 0 Å². The Hall–Kier alpha value is -1.54. The number of carbonyl (C=O) groups is 2. The predicted octanol–water partition coefficient (Wildman–Crippen LogP) is -0.274. The van der Waals surface area contributed by atoms with Crippen molar-refractivity contribution in [3.63, 3.8) is 0 Å². The molecule has 1 saturated heterocycles. The van der Waals surface area contributed by atoms with Gasteiger partial charge in [-0.15, -0.1) is 6.42 Å². The Morgan fingerprint density at radius 2 is 2.00 bits per heavy atom. The number of nitrogens with one attached hydrogen (secondary N) is 2. The van der Waals surface area contributed by atoms with Crippen LogP contribution in [0.2, 0.25) is 0 Å². The van der Waals surface area contributed by atoms with Gasteiger partial charge in [-0.1, -0.05) is 5.92 Å². The predicted molar refractivity (Wildman–Crippen MR) is 69.7 cm³/mol. The van der Waals surface area contributed by atoms with E-state index >= 15 is 0 Å². The summed E-state index contributed by atoms with van der Waals surface area (Å²) in [5, 5.41) is 5.49. The Labute approximate surface area is 108 Å². The highest BCUT2D eigenvalue weighted by atomic mass is 16.2. The number of likely N-dealkylation sites (tertiary alicyclic amines) is 1. The summed E-state index contributed by atoms with van der Waals surface area (Å²) < 4.78 is 0. The van der Waals surface area contributed by atoms with Crippen molar-refractivity contribution in [2.75, 3.05) is 26.2 Å². The number of hydrogen-bond acceptors (Lipinski definition) is 3. The highest BCUT2D eigenvalue weighted by Crippen LogP contribution is 2.08. The van der Waals surface area contributed by atoms with Crippen LogP contribution in [0.4, 0.5) is 0 Å². The van der Waals surface area contributed by atoms with Gasteiger partial charge in [-0.25, -0.2) is 0 Å². The lowest BCUT2D eigenvalue weighted by molar-refractivity contribution is -0.131. The Morgan fingerprint density at radius 3 is 2.61 bits per heavy atom. The Kier molecular flexibility index (Phi) is 6.23. The van der Waals surface area contributed by atoms with Gasteiger partial charge in [-0.05, 0) is 26.2 Å². The van der Waals surface area contributed by atoms with E-state index in [9.17, 15) is 9.59 Å². The summed E-state index contributed by atoms with van der Waals surface area (Å²) in [6.07, 6.45) is 8.39. The van der Waals surface area contributed by atoms with Crippen LogP contribution in [-0.2, 0) is 9.59 Å². The van der Waals surface area contributed by atoms with E-state index in [0.29, 0.717) is 0 Å². The lowest BCUT2D eigenvalue weighted by Gasteiger charge is -2.27. The van der Waals surface area contributed by atoms with Gasteiger partial charge in [0.25, 0.3) is 0 Å². The fourth-order valence-corrected chi connectivity index (χ4v) is 1.88. The molecule has 1 fully saturated rings. The van der Waals surface area contributed by atoms with Crippen LogP contribution in [0.5, 0.6) is 0 Å². The molecule has 0 aliphatic carbocycles. The molecule has 5 nitrogen and oxygen atoms in total. The first-order valence-electron chi connectivity index (χ1n) is 6.37. The number of amides is 2. The number of rotatable bonds is 5. The lowest BCUT2D eigenvalue weighted by atomic mass is 10.1. The summed E-state index contributed by atoms with van der Waals surface area (Å²) in [6.45, 7) is 3.79.